The van der Waals surface area contributed by atoms with E-state index in [1.165, 1.54) is 5.56 Å². The van der Waals surface area contributed by atoms with Crippen LogP contribution in [-0.4, -0.2) is 5.97 Å². The average molecular weight is 410 g/mol. The Labute approximate surface area is 180 Å². The second-order valence-corrected chi connectivity index (χ2v) is 8.87. The van der Waals surface area contributed by atoms with Crippen molar-refractivity contribution in [1.29, 1.82) is 0 Å². The molecule has 5 rings (SSSR count). The number of carbonyl (C=O) groups excluding carboxylic acids is 1. The van der Waals surface area contributed by atoms with Crippen LogP contribution in [-0.2, 0) is 10.2 Å². The maximum absolute atomic E-state index is 13.2. The van der Waals surface area contributed by atoms with Crippen molar-refractivity contribution in [3.8, 4) is 11.1 Å². The van der Waals surface area contributed by atoms with Gasteiger partial charge in [0.15, 0.2) is 6.10 Å². The van der Waals surface area contributed by atoms with Crippen LogP contribution in [0, 0.1) is 0 Å². The predicted molar refractivity (Wildman–Crippen MR) is 120 cm³/mol. The monoisotopic (exact) mass is 410 g/mol. The molecule has 0 bridgehead atoms. The zero-order valence-corrected chi connectivity index (χ0v) is 17.6. The lowest BCUT2D eigenvalue weighted by atomic mass is 9.85. The average Bonchev–Trinajstić information content (AvgIpc) is 3.09. The molecule has 0 N–H and O–H groups in total. The zero-order valence-electron chi connectivity index (χ0n) is 17.6. The van der Waals surface area contributed by atoms with E-state index in [9.17, 15) is 9.59 Å². The van der Waals surface area contributed by atoms with E-state index in [0.717, 1.165) is 16.5 Å². The lowest BCUT2D eigenvalue weighted by Gasteiger charge is -2.20. The van der Waals surface area contributed by atoms with E-state index in [2.05, 4.69) is 32.9 Å². The van der Waals surface area contributed by atoms with Gasteiger partial charge in [0, 0.05) is 16.5 Å². The molecule has 31 heavy (non-hydrogen) atoms. The molecular formula is C27H22O4. The molecule has 4 heteroatoms. The van der Waals surface area contributed by atoms with E-state index in [0.29, 0.717) is 22.3 Å². The smallest absolute Gasteiger partial charge is 0.344 e. The number of rotatable bonds is 2. The van der Waals surface area contributed by atoms with E-state index in [4.69, 9.17) is 9.15 Å². The van der Waals surface area contributed by atoms with Gasteiger partial charge >= 0.3 is 11.6 Å². The van der Waals surface area contributed by atoms with Crippen molar-refractivity contribution in [2.75, 3.05) is 0 Å². The maximum atomic E-state index is 13.2. The molecule has 0 saturated heterocycles. The molecule has 1 atom stereocenters. The van der Waals surface area contributed by atoms with E-state index < -0.39 is 17.7 Å². The Hall–Kier alpha value is -3.66. The molecule has 1 aliphatic rings. The summed E-state index contributed by atoms with van der Waals surface area (Å²) in [6.45, 7) is 6.48. The van der Waals surface area contributed by atoms with Gasteiger partial charge in [-0.1, -0.05) is 81.4 Å². The molecule has 3 aromatic carbocycles. The van der Waals surface area contributed by atoms with Crippen molar-refractivity contribution in [3.05, 3.63) is 105 Å². The molecule has 1 aromatic heterocycles. The summed E-state index contributed by atoms with van der Waals surface area (Å²) >= 11 is 0. The number of ether oxygens (including phenoxy) is 1. The van der Waals surface area contributed by atoms with Crippen LogP contribution >= 0.6 is 0 Å². The summed E-state index contributed by atoms with van der Waals surface area (Å²) in [6.07, 6.45) is -0.804. The Bertz CT molecular complexity index is 1370. The molecule has 1 unspecified atom stereocenters. The molecule has 4 aromatic rings. The first kappa shape index (κ1) is 19.3. The zero-order chi connectivity index (χ0) is 21.8. The molecule has 2 heterocycles. The van der Waals surface area contributed by atoms with Crippen molar-refractivity contribution in [3.63, 3.8) is 0 Å². The van der Waals surface area contributed by atoms with Gasteiger partial charge in [0.05, 0.1) is 11.1 Å². The maximum Gasteiger partial charge on any atom is 0.344 e. The summed E-state index contributed by atoms with van der Waals surface area (Å²) in [4.78, 5) is 25.7. The topological polar surface area (TPSA) is 56.5 Å². The number of hydrogen-bond donors (Lipinski definition) is 0. The van der Waals surface area contributed by atoms with E-state index in [1.807, 2.05) is 42.5 Å². The van der Waals surface area contributed by atoms with Crippen molar-refractivity contribution < 1.29 is 13.9 Å². The highest BCUT2D eigenvalue weighted by molar-refractivity contribution is 5.98. The minimum absolute atomic E-state index is 0.0130. The highest BCUT2D eigenvalue weighted by Crippen LogP contribution is 2.41. The van der Waals surface area contributed by atoms with Crippen LogP contribution in [0.2, 0.25) is 0 Å². The number of benzene rings is 3. The minimum atomic E-state index is -0.804. The summed E-state index contributed by atoms with van der Waals surface area (Å²) in [5.74, 6) is -0.429. The van der Waals surface area contributed by atoms with Crippen molar-refractivity contribution >= 4 is 16.9 Å². The van der Waals surface area contributed by atoms with Crippen LogP contribution in [0.15, 0.2) is 82.0 Å². The summed E-state index contributed by atoms with van der Waals surface area (Å²) < 4.78 is 11.3. The Morgan fingerprint density at radius 2 is 1.48 bits per heavy atom. The number of fused-ring (bicyclic) bond motifs is 2. The quantitative estimate of drug-likeness (QED) is 0.300. The molecule has 0 radical (unpaired) electrons. The number of carbonyl (C=O) groups is 1. The number of para-hydroxylation sites is 1. The molecule has 0 fully saturated rings. The van der Waals surface area contributed by atoms with Crippen LogP contribution in [0.4, 0.5) is 0 Å². The fourth-order valence-electron chi connectivity index (χ4n) is 4.21. The van der Waals surface area contributed by atoms with Gasteiger partial charge in [-0.15, -0.1) is 0 Å². The highest BCUT2D eigenvalue weighted by atomic mass is 16.5. The second-order valence-electron chi connectivity index (χ2n) is 8.87. The van der Waals surface area contributed by atoms with E-state index in [1.54, 1.807) is 18.2 Å². The van der Waals surface area contributed by atoms with Gasteiger partial charge in [-0.05, 0) is 28.7 Å². The van der Waals surface area contributed by atoms with Gasteiger partial charge in [0.25, 0.3) is 0 Å². The summed E-state index contributed by atoms with van der Waals surface area (Å²) in [5, 5.41) is 0.807. The fraction of sp³-hybridized carbons (Fsp3) is 0.185. The van der Waals surface area contributed by atoms with Gasteiger partial charge in [-0.2, -0.15) is 0 Å². The van der Waals surface area contributed by atoms with Gasteiger partial charge < -0.3 is 9.15 Å². The molecule has 0 saturated carbocycles. The standard InChI is InChI=1S/C27H22O4/c1-27(2,3)17-14-12-16(13-15-17)22-20-10-6-7-11-21(20)30-26(29)23(22)24-18-8-4-5-9-19(18)25(28)31-24/h4-15,24H,1-3H3. The first-order valence-corrected chi connectivity index (χ1v) is 10.3. The molecule has 4 nitrogen and oxygen atoms in total. The van der Waals surface area contributed by atoms with Gasteiger partial charge in [0.1, 0.15) is 5.58 Å². The highest BCUT2D eigenvalue weighted by Gasteiger charge is 2.36. The number of cyclic esters (lactones) is 1. The van der Waals surface area contributed by atoms with E-state index in [-0.39, 0.29) is 5.41 Å². The van der Waals surface area contributed by atoms with Crippen LogP contribution < -0.4 is 5.63 Å². The van der Waals surface area contributed by atoms with Crippen LogP contribution in [0.5, 0.6) is 0 Å². The third kappa shape index (κ3) is 3.15. The summed E-state index contributed by atoms with van der Waals surface area (Å²) in [6, 6.07) is 22.8. The van der Waals surface area contributed by atoms with Crippen molar-refractivity contribution in [1.82, 2.24) is 0 Å². The Morgan fingerprint density at radius 3 is 2.23 bits per heavy atom. The Kier molecular flexibility index (Phi) is 4.33. The van der Waals surface area contributed by atoms with E-state index >= 15 is 0 Å². The number of hydrogen-bond acceptors (Lipinski definition) is 4. The fourth-order valence-corrected chi connectivity index (χ4v) is 4.21. The SMILES string of the molecule is CC(C)(C)c1ccc(-c2c(C3OC(=O)c4ccccc43)c(=O)oc3ccccc23)cc1. The van der Waals surface area contributed by atoms with Crippen LogP contribution in [0.3, 0.4) is 0 Å². The minimum Gasteiger partial charge on any atom is -0.449 e. The molecule has 1 aliphatic heterocycles. The first-order chi connectivity index (χ1) is 14.8. The first-order valence-electron chi connectivity index (χ1n) is 10.3. The van der Waals surface area contributed by atoms with Gasteiger partial charge in [-0.3, -0.25) is 0 Å². The van der Waals surface area contributed by atoms with Crippen molar-refractivity contribution in [2.24, 2.45) is 0 Å². The summed E-state index contributed by atoms with van der Waals surface area (Å²) in [5.41, 5.74) is 4.35. The predicted octanol–water partition coefficient (Wildman–Crippen LogP) is 6.02. The van der Waals surface area contributed by atoms with Crippen LogP contribution in [0.1, 0.15) is 53.9 Å². The molecule has 0 amide bonds. The third-order valence-electron chi connectivity index (χ3n) is 5.84. The normalized spacial score (nSPS) is 15.7. The molecule has 0 spiro atoms. The lowest BCUT2D eigenvalue weighted by Crippen LogP contribution is -2.16. The molecular weight excluding hydrogens is 388 g/mol. The Morgan fingerprint density at radius 1 is 0.806 bits per heavy atom. The van der Waals surface area contributed by atoms with Crippen molar-refractivity contribution in [2.45, 2.75) is 32.3 Å². The Balaban J connectivity index is 1.80. The molecule has 0 aliphatic carbocycles. The number of esters is 1. The molecule has 154 valence electrons. The van der Waals surface area contributed by atoms with Gasteiger partial charge in [0.2, 0.25) is 0 Å². The second kappa shape index (κ2) is 6.95. The largest absolute Gasteiger partial charge is 0.449 e. The van der Waals surface area contributed by atoms with Gasteiger partial charge in [-0.25, -0.2) is 9.59 Å². The van der Waals surface area contributed by atoms with Crippen LogP contribution in [0.25, 0.3) is 22.1 Å². The summed E-state index contributed by atoms with van der Waals surface area (Å²) in [7, 11) is 0. The lowest BCUT2D eigenvalue weighted by molar-refractivity contribution is 0.0452. The third-order valence-corrected chi connectivity index (χ3v) is 5.84.